The number of hydrogen-bond donors (Lipinski definition) is 1. The first kappa shape index (κ1) is 14.6. The second-order valence-corrected chi connectivity index (χ2v) is 3.11. The van der Waals surface area contributed by atoms with Crippen LogP contribution in [0.15, 0.2) is 29.4 Å². The number of nitro benzene ring substituents is 1. The molecule has 0 bridgehead atoms. The Balaban J connectivity index is 2.65. The Hall–Kier alpha value is -3.48. The summed E-state index contributed by atoms with van der Waals surface area (Å²) in [7, 11) is 0. The van der Waals surface area contributed by atoms with Gasteiger partial charge in [-0.05, 0) is 12.1 Å². The second kappa shape index (κ2) is 6.45. The van der Waals surface area contributed by atoms with Crippen molar-refractivity contribution in [2.75, 3.05) is 0 Å². The third-order valence-corrected chi connectivity index (χ3v) is 1.80. The van der Waals surface area contributed by atoms with E-state index in [9.17, 15) is 19.7 Å². The molecule has 0 saturated carbocycles. The van der Waals surface area contributed by atoms with Gasteiger partial charge in [0.05, 0.1) is 4.92 Å². The largest absolute Gasteiger partial charge is 0.540 e. The number of non-ortho nitro benzene ring substituents is 1. The van der Waals surface area contributed by atoms with Gasteiger partial charge in [0.1, 0.15) is 11.8 Å². The first-order chi connectivity index (χ1) is 9.43. The summed E-state index contributed by atoms with van der Waals surface area (Å²) in [5.41, 5.74) is 3.74. The highest BCUT2D eigenvalue weighted by Crippen LogP contribution is 2.17. The maximum absolute atomic E-state index is 11.1. The maximum atomic E-state index is 11.1. The topological polar surface area (TPSA) is 158 Å². The van der Waals surface area contributed by atoms with Gasteiger partial charge < -0.3 is 10.5 Å². The molecular weight excluding hydrogens is 272 g/mol. The maximum Gasteiger partial charge on any atom is 0.540 e. The van der Waals surface area contributed by atoms with E-state index >= 15 is 0 Å². The van der Waals surface area contributed by atoms with Crippen LogP contribution in [0.2, 0.25) is 0 Å². The number of nitrogens with zero attached hydrogens (tertiary/aromatic N) is 3. The number of nitriles is 1. The molecule has 1 rings (SSSR count). The zero-order chi connectivity index (χ0) is 15.1. The molecule has 0 aliphatic rings. The molecule has 1 aromatic carbocycles. The fourth-order valence-electron chi connectivity index (χ4n) is 0.954. The van der Waals surface area contributed by atoms with Crippen molar-refractivity contribution in [3.8, 4) is 11.8 Å². The minimum atomic E-state index is -1.34. The van der Waals surface area contributed by atoms with E-state index in [0.717, 1.165) is 24.3 Å². The molecule has 1 amide bonds. The van der Waals surface area contributed by atoms with E-state index in [1.54, 1.807) is 0 Å². The zero-order valence-corrected chi connectivity index (χ0v) is 9.68. The lowest BCUT2D eigenvalue weighted by molar-refractivity contribution is -0.384. The first-order valence-electron chi connectivity index (χ1n) is 4.85. The van der Waals surface area contributed by atoms with Gasteiger partial charge in [0.25, 0.3) is 11.6 Å². The van der Waals surface area contributed by atoms with Crippen molar-refractivity contribution in [1.29, 1.82) is 5.26 Å². The highest BCUT2D eigenvalue weighted by atomic mass is 16.8. The van der Waals surface area contributed by atoms with Gasteiger partial charge in [0, 0.05) is 12.1 Å². The molecule has 0 unspecified atom stereocenters. The molecule has 0 aromatic heterocycles. The van der Waals surface area contributed by atoms with Crippen molar-refractivity contribution < 1.29 is 24.1 Å². The summed E-state index contributed by atoms with van der Waals surface area (Å²) in [5, 5.41) is 21.7. The van der Waals surface area contributed by atoms with Crippen LogP contribution in [0.5, 0.6) is 5.75 Å². The molecule has 20 heavy (non-hydrogen) atoms. The van der Waals surface area contributed by atoms with Crippen LogP contribution >= 0.6 is 0 Å². The summed E-state index contributed by atoms with van der Waals surface area (Å²) in [6.45, 7) is 0. The first-order valence-corrected chi connectivity index (χ1v) is 4.85. The van der Waals surface area contributed by atoms with E-state index in [-0.39, 0.29) is 11.4 Å². The fourth-order valence-corrected chi connectivity index (χ4v) is 0.954. The van der Waals surface area contributed by atoms with Crippen LogP contribution < -0.4 is 10.5 Å². The predicted octanol–water partition coefficient (Wildman–Crippen LogP) is 0.475. The lowest BCUT2D eigenvalue weighted by atomic mass is 10.3. The van der Waals surface area contributed by atoms with Crippen LogP contribution in [0.25, 0.3) is 0 Å². The Morgan fingerprint density at radius 3 is 2.40 bits per heavy atom. The molecule has 0 spiro atoms. The van der Waals surface area contributed by atoms with E-state index in [2.05, 4.69) is 14.7 Å². The molecular formula is C10H6N4O6. The molecule has 0 atom stereocenters. The summed E-state index contributed by atoms with van der Waals surface area (Å²) < 4.78 is 4.57. The number of hydrogen-bond acceptors (Lipinski definition) is 8. The van der Waals surface area contributed by atoms with Crippen LogP contribution in [-0.2, 0) is 9.63 Å². The van der Waals surface area contributed by atoms with E-state index < -0.39 is 22.7 Å². The molecule has 0 fully saturated rings. The van der Waals surface area contributed by atoms with Gasteiger partial charge in [-0.2, -0.15) is 5.26 Å². The highest BCUT2D eigenvalue weighted by Gasteiger charge is 2.11. The van der Waals surface area contributed by atoms with E-state index in [1.165, 1.54) is 6.07 Å². The van der Waals surface area contributed by atoms with Gasteiger partial charge in [-0.1, -0.05) is 5.16 Å². The molecule has 0 saturated heterocycles. The second-order valence-electron chi connectivity index (χ2n) is 3.11. The minimum Gasteiger partial charge on any atom is -0.393 e. The van der Waals surface area contributed by atoms with E-state index in [0.29, 0.717) is 0 Å². The van der Waals surface area contributed by atoms with E-state index in [1.807, 2.05) is 0 Å². The molecule has 0 heterocycles. The van der Waals surface area contributed by atoms with Crippen LogP contribution in [0.1, 0.15) is 0 Å². The third-order valence-electron chi connectivity index (χ3n) is 1.80. The molecule has 10 heteroatoms. The lowest BCUT2D eigenvalue weighted by Gasteiger charge is -2.00. The molecule has 102 valence electrons. The minimum absolute atomic E-state index is 0.0478. The van der Waals surface area contributed by atoms with Crippen molar-refractivity contribution in [3.63, 3.8) is 0 Å². The lowest BCUT2D eigenvalue weighted by Crippen LogP contribution is -2.22. The van der Waals surface area contributed by atoms with Crippen molar-refractivity contribution in [2.45, 2.75) is 0 Å². The smallest absolute Gasteiger partial charge is 0.393 e. The Morgan fingerprint density at radius 1 is 1.35 bits per heavy atom. The number of rotatable bonds is 4. The third kappa shape index (κ3) is 4.08. The Kier molecular flexibility index (Phi) is 4.70. The van der Waals surface area contributed by atoms with Crippen LogP contribution in [0.3, 0.4) is 0 Å². The predicted molar refractivity (Wildman–Crippen MR) is 62.4 cm³/mol. The Bertz CT molecular complexity index is 616. The number of oxime groups is 1. The molecule has 2 N–H and O–H groups in total. The number of carbonyl (C=O) groups excluding carboxylic acids is 2. The number of primary amides is 1. The fraction of sp³-hybridized carbons (Fsp3) is 0. The van der Waals surface area contributed by atoms with E-state index in [4.69, 9.17) is 11.0 Å². The van der Waals surface area contributed by atoms with Gasteiger partial charge in [0.15, 0.2) is 0 Å². The number of nitrogens with two attached hydrogens (primary N) is 1. The van der Waals surface area contributed by atoms with Crippen LogP contribution in [0, 0.1) is 21.4 Å². The number of carbonyl (C=O) groups is 2. The normalized spacial score (nSPS) is 10.2. The number of ether oxygens (including phenoxy) is 1. The molecule has 0 aliphatic heterocycles. The average Bonchev–Trinajstić information content (AvgIpc) is 2.39. The number of nitro groups is 1. The van der Waals surface area contributed by atoms with Gasteiger partial charge in [0.2, 0.25) is 5.71 Å². The quantitative estimate of drug-likeness (QED) is 0.209. The zero-order valence-electron chi connectivity index (χ0n) is 9.68. The summed E-state index contributed by atoms with van der Waals surface area (Å²) in [5.74, 6) is -1.22. The standard InChI is InChI=1S/C10H6N4O6/c11-5-8(9(12)15)13-20-10(16)19-7-3-1-6(2-4-7)14(17)18/h1-4H,(H2,12,15). The SMILES string of the molecule is N#CC(=NOC(=O)Oc1ccc([N+](=O)[O-])cc1)C(N)=O. The number of amides is 1. The van der Waals surface area contributed by atoms with Gasteiger partial charge in [-0.25, -0.2) is 4.79 Å². The Morgan fingerprint density at radius 2 is 1.95 bits per heavy atom. The summed E-state index contributed by atoms with van der Waals surface area (Å²) in [6, 6.07) is 5.83. The van der Waals surface area contributed by atoms with Gasteiger partial charge in [-0.15, -0.1) is 0 Å². The molecule has 1 aromatic rings. The van der Waals surface area contributed by atoms with Crippen molar-refractivity contribution in [1.82, 2.24) is 0 Å². The van der Waals surface area contributed by atoms with Crippen LogP contribution in [-0.4, -0.2) is 22.7 Å². The highest BCUT2D eigenvalue weighted by molar-refractivity contribution is 6.44. The summed E-state index contributed by atoms with van der Waals surface area (Å²) in [6.07, 6.45) is -1.34. The summed E-state index contributed by atoms with van der Waals surface area (Å²) in [4.78, 5) is 35.6. The number of benzene rings is 1. The van der Waals surface area contributed by atoms with Crippen molar-refractivity contribution in [2.24, 2.45) is 10.9 Å². The van der Waals surface area contributed by atoms with Crippen molar-refractivity contribution in [3.05, 3.63) is 34.4 Å². The molecule has 10 nitrogen and oxygen atoms in total. The monoisotopic (exact) mass is 278 g/mol. The summed E-state index contributed by atoms with van der Waals surface area (Å²) >= 11 is 0. The van der Waals surface area contributed by atoms with Crippen LogP contribution in [0.4, 0.5) is 10.5 Å². The molecule has 0 aliphatic carbocycles. The van der Waals surface area contributed by atoms with Gasteiger partial charge in [-0.3, -0.25) is 19.7 Å². The Labute approximate surface area is 111 Å². The van der Waals surface area contributed by atoms with Gasteiger partial charge >= 0.3 is 6.16 Å². The van der Waals surface area contributed by atoms with Crippen molar-refractivity contribution >= 4 is 23.5 Å². The average molecular weight is 278 g/mol. The molecule has 0 radical (unpaired) electrons.